The van der Waals surface area contributed by atoms with Crippen LogP contribution in [-0.2, 0) is 4.79 Å². The van der Waals surface area contributed by atoms with Crippen LogP contribution in [-0.4, -0.2) is 36.3 Å². The first-order valence-corrected chi connectivity index (χ1v) is 7.22. The fourth-order valence-electron chi connectivity index (χ4n) is 2.34. The summed E-state index contributed by atoms with van der Waals surface area (Å²) in [6.45, 7) is 3.13. The van der Waals surface area contributed by atoms with Crippen molar-refractivity contribution in [1.82, 2.24) is 10.2 Å². The van der Waals surface area contributed by atoms with Gasteiger partial charge in [0.2, 0.25) is 5.91 Å². The van der Waals surface area contributed by atoms with E-state index in [1.165, 1.54) is 11.3 Å². The number of nitrogens with zero attached hydrogens (tertiary/aromatic N) is 1. The molecule has 2 heterocycles. The van der Waals surface area contributed by atoms with Gasteiger partial charge in [-0.15, -0.1) is 11.3 Å². The third-order valence-electron chi connectivity index (χ3n) is 3.40. The van der Waals surface area contributed by atoms with E-state index >= 15 is 0 Å². The molecule has 104 valence electrons. The van der Waals surface area contributed by atoms with Crippen molar-refractivity contribution >= 4 is 38.9 Å². The normalized spacial score (nSPS) is 15.4. The molecule has 6 heteroatoms. The molecule has 1 aliphatic rings. The molecule has 0 radical (unpaired) electrons. The highest BCUT2D eigenvalue weighted by molar-refractivity contribution is 7.21. The van der Waals surface area contributed by atoms with E-state index in [0.717, 1.165) is 15.6 Å². The molecule has 0 saturated carbocycles. The molecule has 1 aliphatic heterocycles. The van der Waals surface area contributed by atoms with Crippen LogP contribution in [0.1, 0.15) is 15.2 Å². The maximum Gasteiger partial charge on any atom is 0.266 e. The lowest BCUT2D eigenvalue weighted by molar-refractivity contribution is -0.123. The second kappa shape index (κ2) is 4.79. The van der Waals surface area contributed by atoms with E-state index in [2.05, 4.69) is 5.32 Å². The van der Waals surface area contributed by atoms with Crippen LogP contribution in [0, 0.1) is 6.92 Å². The molecule has 0 atom stereocenters. The molecule has 1 fully saturated rings. The molecule has 5 nitrogen and oxygen atoms in total. The van der Waals surface area contributed by atoms with Crippen LogP contribution in [0.25, 0.3) is 10.1 Å². The lowest BCUT2D eigenvalue weighted by Crippen LogP contribution is -2.49. The zero-order valence-electron chi connectivity index (χ0n) is 11.1. The summed E-state index contributed by atoms with van der Waals surface area (Å²) >= 11 is 1.39. The van der Waals surface area contributed by atoms with Crippen LogP contribution in [0.15, 0.2) is 18.2 Å². The summed E-state index contributed by atoms with van der Waals surface area (Å²) in [4.78, 5) is 26.0. The molecule has 0 aliphatic carbocycles. The molecule has 1 aromatic carbocycles. The summed E-state index contributed by atoms with van der Waals surface area (Å²) in [5.41, 5.74) is 7.74. The van der Waals surface area contributed by atoms with E-state index in [4.69, 9.17) is 5.73 Å². The van der Waals surface area contributed by atoms with Gasteiger partial charge in [-0.05, 0) is 18.6 Å². The summed E-state index contributed by atoms with van der Waals surface area (Å²) in [7, 11) is 0. The molecule has 2 amide bonds. The second-order valence-corrected chi connectivity index (χ2v) is 5.97. The number of fused-ring (bicyclic) bond motifs is 1. The Kier molecular flexibility index (Phi) is 3.10. The number of nitrogen functional groups attached to an aromatic ring is 1. The first-order valence-electron chi connectivity index (χ1n) is 6.41. The number of carbonyl (C=O) groups is 2. The van der Waals surface area contributed by atoms with E-state index in [0.29, 0.717) is 23.7 Å². The smallest absolute Gasteiger partial charge is 0.266 e. The minimum Gasteiger partial charge on any atom is -0.397 e. The van der Waals surface area contributed by atoms with E-state index in [-0.39, 0.29) is 18.4 Å². The number of rotatable bonds is 1. The Hall–Kier alpha value is -2.08. The van der Waals surface area contributed by atoms with Crippen molar-refractivity contribution in [3.63, 3.8) is 0 Å². The fraction of sp³-hybridized carbons (Fsp3) is 0.286. The maximum atomic E-state index is 12.5. The average molecular weight is 289 g/mol. The van der Waals surface area contributed by atoms with E-state index in [1.807, 2.05) is 25.1 Å². The minimum atomic E-state index is -0.156. The van der Waals surface area contributed by atoms with Gasteiger partial charge in [0.05, 0.1) is 12.2 Å². The molecule has 1 aromatic heterocycles. The Labute approximate surface area is 120 Å². The van der Waals surface area contributed by atoms with Gasteiger partial charge in [-0.3, -0.25) is 9.59 Å². The average Bonchev–Trinajstić information content (AvgIpc) is 2.74. The first-order chi connectivity index (χ1) is 9.56. The number of thiophene rings is 1. The van der Waals surface area contributed by atoms with Crippen molar-refractivity contribution in [3.05, 3.63) is 28.6 Å². The molecule has 20 heavy (non-hydrogen) atoms. The number of nitrogens with two attached hydrogens (primary N) is 1. The molecular weight excluding hydrogens is 274 g/mol. The van der Waals surface area contributed by atoms with Gasteiger partial charge < -0.3 is 16.0 Å². The van der Waals surface area contributed by atoms with Crippen LogP contribution in [0.2, 0.25) is 0 Å². The summed E-state index contributed by atoms with van der Waals surface area (Å²) in [5, 5.41) is 3.61. The topological polar surface area (TPSA) is 75.4 Å². The van der Waals surface area contributed by atoms with Gasteiger partial charge in [-0.2, -0.15) is 0 Å². The van der Waals surface area contributed by atoms with Crippen LogP contribution >= 0.6 is 11.3 Å². The predicted molar refractivity (Wildman–Crippen MR) is 79.9 cm³/mol. The van der Waals surface area contributed by atoms with Gasteiger partial charge in [0.1, 0.15) is 4.88 Å². The second-order valence-electron chi connectivity index (χ2n) is 4.92. The molecular formula is C14H15N3O2S. The minimum absolute atomic E-state index is 0.103. The number of nitrogens with one attached hydrogen (secondary N) is 1. The molecule has 0 spiro atoms. The third-order valence-corrected chi connectivity index (χ3v) is 4.56. The van der Waals surface area contributed by atoms with Crippen LogP contribution in [0.4, 0.5) is 5.69 Å². The highest BCUT2D eigenvalue weighted by Gasteiger charge is 2.25. The number of aryl methyl sites for hydroxylation is 1. The molecule has 3 rings (SSSR count). The van der Waals surface area contributed by atoms with Crippen LogP contribution in [0.5, 0.6) is 0 Å². The monoisotopic (exact) mass is 289 g/mol. The highest BCUT2D eigenvalue weighted by Crippen LogP contribution is 2.35. The number of benzene rings is 1. The number of carbonyl (C=O) groups excluding carboxylic acids is 2. The van der Waals surface area contributed by atoms with Gasteiger partial charge in [0, 0.05) is 23.2 Å². The summed E-state index contributed by atoms with van der Waals surface area (Å²) in [6.07, 6.45) is 0. The molecule has 0 unspecified atom stereocenters. The van der Waals surface area contributed by atoms with Crippen molar-refractivity contribution in [2.75, 3.05) is 25.4 Å². The van der Waals surface area contributed by atoms with Gasteiger partial charge in [0.25, 0.3) is 5.91 Å². The van der Waals surface area contributed by atoms with Crippen molar-refractivity contribution in [1.29, 1.82) is 0 Å². The van der Waals surface area contributed by atoms with E-state index in [9.17, 15) is 9.59 Å². The predicted octanol–water partition coefficient (Wildman–Crippen LogP) is 1.36. The lowest BCUT2D eigenvalue weighted by Gasteiger charge is -2.26. The van der Waals surface area contributed by atoms with Gasteiger partial charge in [-0.1, -0.05) is 12.1 Å². The van der Waals surface area contributed by atoms with Crippen molar-refractivity contribution < 1.29 is 9.59 Å². The SMILES string of the molecule is Cc1ccc2c(N)c(C(=O)N3CCNC(=O)C3)sc2c1. The zero-order chi connectivity index (χ0) is 14.3. The maximum absolute atomic E-state index is 12.5. The zero-order valence-corrected chi connectivity index (χ0v) is 11.9. The van der Waals surface area contributed by atoms with Gasteiger partial charge in [-0.25, -0.2) is 0 Å². The Morgan fingerprint density at radius 1 is 1.45 bits per heavy atom. The van der Waals surface area contributed by atoms with Crippen molar-refractivity contribution in [3.8, 4) is 0 Å². The largest absolute Gasteiger partial charge is 0.397 e. The Balaban J connectivity index is 1.99. The Morgan fingerprint density at radius 2 is 2.25 bits per heavy atom. The molecule has 1 saturated heterocycles. The fourth-order valence-corrected chi connectivity index (χ4v) is 3.53. The molecule has 3 N–H and O–H groups in total. The summed E-state index contributed by atoms with van der Waals surface area (Å²) < 4.78 is 1.01. The highest BCUT2D eigenvalue weighted by atomic mass is 32.1. The number of piperazine rings is 1. The van der Waals surface area contributed by atoms with Gasteiger partial charge >= 0.3 is 0 Å². The lowest BCUT2D eigenvalue weighted by atomic mass is 10.1. The van der Waals surface area contributed by atoms with Crippen LogP contribution in [0.3, 0.4) is 0 Å². The standard InChI is InChI=1S/C14H15N3O2S/c1-8-2-3-9-10(6-8)20-13(12(9)15)14(19)17-5-4-16-11(18)7-17/h2-3,6H,4-5,7,15H2,1H3,(H,16,18). The number of amides is 2. The quantitative estimate of drug-likeness (QED) is 0.832. The molecule has 0 bridgehead atoms. The molecule has 2 aromatic rings. The third kappa shape index (κ3) is 2.12. The Bertz CT molecular complexity index is 708. The van der Waals surface area contributed by atoms with Crippen LogP contribution < -0.4 is 11.1 Å². The van der Waals surface area contributed by atoms with E-state index in [1.54, 1.807) is 4.90 Å². The number of anilines is 1. The van der Waals surface area contributed by atoms with Gasteiger partial charge in [0.15, 0.2) is 0 Å². The summed E-state index contributed by atoms with van der Waals surface area (Å²) in [6, 6.07) is 5.94. The number of hydrogen-bond donors (Lipinski definition) is 2. The van der Waals surface area contributed by atoms with Crippen molar-refractivity contribution in [2.24, 2.45) is 0 Å². The first kappa shape index (κ1) is 12.9. The number of hydrogen-bond acceptors (Lipinski definition) is 4. The van der Waals surface area contributed by atoms with Crippen molar-refractivity contribution in [2.45, 2.75) is 6.92 Å². The Morgan fingerprint density at radius 3 is 3.00 bits per heavy atom. The van der Waals surface area contributed by atoms with E-state index < -0.39 is 0 Å². The summed E-state index contributed by atoms with van der Waals surface area (Å²) in [5.74, 6) is -0.281.